The fourth-order valence-corrected chi connectivity index (χ4v) is 1.84. The minimum Gasteiger partial charge on any atom is -0.459 e. The molecule has 118 valence electrons. The van der Waals surface area contributed by atoms with Gasteiger partial charge in [-0.2, -0.15) is 0 Å². The molecule has 0 aliphatic heterocycles. The van der Waals surface area contributed by atoms with E-state index in [9.17, 15) is 9.59 Å². The van der Waals surface area contributed by atoms with Crippen molar-refractivity contribution in [1.82, 2.24) is 10.6 Å². The average Bonchev–Trinajstić information content (AvgIpc) is 2.84. The summed E-state index contributed by atoms with van der Waals surface area (Å²) >= 11 is 0. The van der Waals surface area contributed by atoms with Gasteiger partial charge in [0.25, 0.3) is 0 Å². The van der Waals surface area contributed by atoms with Crippen LogP contribution in [0.4, 0.5) is 4.79 Å². The predicted octanol–water partition coefficient (Wildman–Crippen LogP) is 2.57. The van der Waals surface area contributed by atoms with E-state index in [-0.39, 0.29) is 19.0 Å². The molecule has 6 heteroatoms. The van der Waals surface area contributed by atoms with Crippen LogP contribution in [0.2, 0.25) is 0 Å². The molecule has 0 atom stereocenters. The van der Waals surface area contributed by atoms with Gasteiger partial charge >= 0.3 is 6.09 Å². The van der Waals surface area contributed by atoms with Crippen LogP contribution in [-0.4, -0.2) is 24.1 Å². The highest BCUT2D eigenvalue weighted by Gasteiger charge is 2.16. The molecule has 1 aromatic carbocycles. The van der Waals surface area contributed by atoms with E-state index >= 15 is 0 Å². The summed E-state index contributed by atoms with van der Waals surface area (Å²) in [6.45, 7) is 5.40. The zero-order valence-electron chi connectivity index (χ0n) is 12.9. The molecule has 22 heavy (non-hydrogen) atoms. The third-order valence-electron chi connectivity index (χ3n) is 2.73. The second-order valence-electron chi connectivity index (χ2n) is 5.88. The van der Waals surface area contributed by atoms with Crippen LogP contribution >= 0.6 is 0 Å². The first-order chi connectivity index (χ1) is 10.3. The van der Waals surface area contributed by atoms with Crippen LogP contribution in [-0.2, 0) is 16.1 Å². The Morgan fingerprint density at radius 2 is 1.91 bits per heavy atom. The molecule has 0 fully saturated rings. The Hall–Kier alpha value is -2.50. The van der Waals surface area contributed by atoms with Crippen LogP contribution in [0.3, 0.4) is 0 Å². The largest absolute Gasteiger partial charge is 0.459 e. The number of ether oxygens (including phenoxy) is 1. The van der Waals surface area contributed by atoms with Gasteiger partial charge in [0.05, 0.1) is 6.54 Å². The smallest absolute Gasteiger partial charge is 0.408 e. The lowest BCUT2D eigenvalue weighted by Crippen LogP contribution is -2.39. The van der Waals surface area contributed by atoms with Gasteiger partial charge in [-0.1, -0.05) is 18.2 Å². The van der Waals surface area contributed by atoms with E-state index in [0.29, 0.717) is 5.76 Å². The van der Waals surface area contributed by atoms with Gasteiger partial charge in [-0.25, -0.2) is 4.79 Å². The highest BCUT2D eigenvalue weighted by molar-refractivity contribution is 5.82. The number of hydrogen-bond acceptors (Lipinski definition) is 4. The van der Waals surface area contributed by atoms with E-state index in [2.05, 4.69) is 10.6 Å². The molecule has 1 heterocycles. The molecule has 0 aliphatic carbocycles. The Kier molecular flexibility index (Phi) is 4.70. The molecule has 2 aromatic rings. The van der Waals surface area contributed by atoms with Crippen molar-refractivity contribution in [3.63, 3.8) is 0 Å². The minimum absolute atomic E-state index is 0.144. The standard InChI is InChI=1S/C16H20N2O4/c1-16(2,3)22-15(20)18-10-14(19)17-9-12-8-11-6-4-5-7-13(11)21-12/h4-8H,9-10H2,1-3H3,(H,17,19)(H,18,20). The summed E-state index contributed by atoms with van der Waals surface area (Å²) in [6, 6.07) is 9.49. The van der Waals surface area contributed by atoms with Gasteiger partial charge in [0, 0.05) is 5.39 Å². The second-order valence-corrected chi connectivity index (χ2v) is 5.88. The number of alkyl carbamates (subject to hydrolysis) is 1. The lowest BCUT2D eigenvalue weighted by Gasteiger charge is -2.19. The lowest BCUT2D eigenvalue weighted by atomic mass is 10.2. The number of fused-ring (bicyclic) bond motifs is 1. The van der Waals surface area contributed by atoms with Crippen molar-refractivity contribution >= 4 is 23.0 Å². The minimum atomic E-state index is -0.619. The highest BCUT2D eigenvalue weighted by Crippen LogP contribution is 2.18. The number of furan rings is 1. The average molecular weight is 304 g/mol. The lowest BCUT2D eigenvalue weighted by molar-refractivity contribution is -0.120. The molecule has 0 saturated heterocycles. The monoisotopic (exact) mass is 304 g/mol. The van der Waals surface area contributed by atoms with E-state index in [1.54, 1.807) is 20.8 Å². The molecule has 0 bridgehead atoms. The SMILES string of the molecule is CC(C)(C)OC(=O)NCC(=O)NCc1cc2ccccc2o1. The second kappa shape index (κ2) is 6.51. The molecule has 0 spiro atoms. The third kappa shape index (κ3) is 4.80. The van der Waals surface area contributed by atoms with E-state index in [0.717, 1.165) is 11.0 Å². The maximum Gasteiger partial charge on any atom is 0.408 e. The van der Waals surface area contributed by atoms with E-state index < -0.39 is 11.7 Å². The first-order valence-corrected chi connectivity index (χ1v) is 7.04. The zero-order chi connectivity index (χ0) is 16.2. The fourth-order valence-electron chi connectivity index (χ4n) is 1.84. The number of carbonyl (C=O) groups excluding carboxylic acids is 2. The van der Waals surface area contributed by atoms with Crippen molar-refractivity contribution in [3.05, 3.63) is 36.1 Å². The Labute approximate surface area is 128 Å². The Morgan fingerprint density at radius 3 is 2.59 bits per heavy atom. The van der Waals surface area contributed by atoms with Gasteiger partial charge in [-0.05, 0) is 32.9 Å². The summed E-state index contributed by atoms with van der Waals surface area (Å²) in [5, 5.41) is 6.06. The van der Waals surface area contributed by atoms with Crippen LogP contribution in [0.25, 0.3) is 11.0 Å². The quantitative estimate of drug-likeness (QED) is 0.909. The molecular formula is C16H20N2O4. The summed E-state index contributed by atoms with van der Waals surface area (Å²) in [5.74, 6) is 0.345. The molecule has 0 radical (unpaired) electrons. The number of para-hydroxylation sites is 1. The van der Waals surface area contributed by atoms with Gasteiger partial charge in [-0.3, -0.25) is 4.79 Å². The maximum atomic E-state index is 11.7. The first kappa shape index (κ1) is 15.9. The summed E-state index contributed by atoms with van der Waals surface area (Å²) in [7, 11) is 0. The van der Waals surface area contributed by atoms with Crippen molar-refractivity contribution in [2.24, 2.45) is 0 Å². The molecule has 2 rings (SSSR count). The number of rotatable bonds is 4. The number of carbonyl (C=O) groups is 2. The topological polar surface area (TPSA) is 80.6 Å². The van der Waals surface area contributed by atoms with Gasteiger partial charge in [0.1, 0.15) is 23.5 Å². The molecule has 2 amide bonds. The number of nitrogens with one attached hydrogen (secondary N) is 2. The predicted molar refractivity (Wildman–Crippen MR) is 82.3 cm³/mol. The van der Waals surface area contributed by atoms with Crippen LogP contribution < -0.4 is 10.6 Å². The van der Waals surface area contributed by atoms with Gasteiger partial charge in [0.2, 0.25) is 5.91 Å². The molecule has 2 N–H and O–H groups in total. The summed E-state index contributed by atoms with van der Waals surface area (Å²) in [5.41, 5.74) is 0.188. The highest BCUT2D eigenvalue weighted by atomic mass is 16.6. The van der Waals surface area contributed by atoms with Crippen LogP contribution in [0.1, 0.15) is 26.5 Å². The van der Waals surface area contributed by atoms with Crippen molar-refractivity contribution in [3.8, 4) is 0 Å². The Bertz CT molecular complexity index is 637. The molecule has 1 aromatic heterocycles. The van der Waals surface area contributed by atoms with Crippen molar-refractivity contribution in [1.29, 1.82) is 0 Å². The van der Waals surface area contributed by atoms with Crippen LogP contribution in [0.15, 0.2) is 34.7 Å². The van der Waals surface area contributed by atoms with E-state index in [1.807, 2.05) is 30.3 Å². The van der Waals surface area contributed by atoms with Crippen LogP contribution in [0.5, 0.6) is 0 Å². The number of hydrogen-bond donors (Lipinski definition) is 2. The molecule has 6 nitrogen and oxygen atoms in total. The third-order valence-corrected chi connectivity index (χ3v) is 2.73. The van der Waals surface area contributed by atoms with Crippen molar-refractivity contribution < 1.29 is 18.7 Å². The molecular weight excluding hydrogens is 284 g/mol. The molecule has 0 unspecified atom stereocenters. The summed E-state index contributed by atoms with van der Waals surface area (Å²) in [6.07, 6.45) is -0.619. The maximum absolute atomic E-state index is 11.7. The normalized spacial score (nSPS) is 11.2. The number of benzene rings is 1. The van der Waals surface area contributed by atoms with Gasteiger partial charge < -0.3 is 19.8 Å². The number of amides is 2. The fraction of sp³-hybridized carbons (Fsp3) is 0.375. The zero-order valence-corrected chi connectivity index (χ0v) is 12.9. The van der Waals surface area contributed by atoms with Gasteiger partial charge in [0.15, 0.2) is 0 Å². The van der Waals surface area contributed by atoms with Crippen LogP contribution in [0, 0.1) is 0 Å². The van der Waals surface area contributed by atoms with Crippen molar-refractivity contribution in [2.45, 2.75) is 32.9 Å². The van der Waals surface area contributed by atoms with Gasteiger partial charge in [-0.15, -0.1) is 0 Å². The summed E-state index contributed by atoms with van der Waals surface area (Å²) in [4.78, 5) is 23.1. The summed E-state index contributed by atoms with van der Waals surface area (Å²) < 4.78 is 10.6. The van der Waals surface area contributed by atoms with E-state index in [1.165, 1.54) is 0 Å². The Morgan fingerprint density at radius 1 is 1.18 bits per heavy atom. The molecule has 0 saturated carbocycles. The Balaban J connectivity index is 1.77. The van der Waals surface area contributed by atoms with E-state index in [4.69, 9.17) is 9.15 Å². The molecule has 0 aliphatic rings. The van der Waals surface area contributed by atoms with Crippen molar-refractivity contribution in [2.75, 3.05) is 6.54 Å². The first-order valence-electron chi connectivity index (χ1n) is 7.04.